The first kappa shape index (κ1) is 17.4. The molecule has 1 atom stereocenters. The second-order valence-electron chi connectivity index (χ2n) is 5.46. The minimum Gasteiger partial charge on any atom is -0.467 e. The molecule has 1 aromatic carbocycles. The van der Waals surface area contributed by atoms with E-state index >= 15 is 0 Å². The van der Waals surface area contributed by atoms with Gasteiger partial charge in [0.1, 0.15) is 0 Å². The summed E-state index contributed by atoms with van der Waals surface area (Å²) in [5, 5.41) is 7.95. The Morgan fingerprint density at radius 2 is 1.83 bits per heavy atom. The molecule has 7 nitrogen and oxygen atoms in total. The van der Waals surface area contributed by atoms with E-state index in [1.807, 2.05) is 26.8 Å². The number of sulfonamides is 1. The molecule has 0 fully saturated rings. The van der Waals surface area contributed by atoms with Crippen molar-refractivity contribution in [3.63, 3.8) is 0 Å². The first-order valence-electron chi connectivity index (χ1n) is 7.36. The quantitative estimate of drug-likeness (QED) is 0.870. The van der Waals surface area contributed by atoms with Crippen LogP contribution in [0.15, 0.2) is 23.1 Å². The summed E-state index contributed by atoms with van der Waals surface area (Å²) in [5.41, 5.74) is 1.80. The number of aryl methyl sites for hydroxylation is 2. The number of hydrogen-bond acceptors (Lipinski definition) is 5. The summed E-state index contributed by atoms with van der Waals surface area (Å²) in [5.74, 6) is 0.511. The Morgan fingerprint density at radius 3 is 2.35 bits per heavy atom. The van der Waals surface area contributed by atoms with E-state index in [1.165, 1.54) is 7.11 Å². The normalized spacial score (nSPS) is 13.1. The van der Waals surface area contributed by atoms with Gasteiger partial charge in [0.2, 0.25) is 10.0 Å². The molecule has 0 aliphatic carbocycles. The highest BCUT2D eigenvalue weighted by atomic mass is 32.2. The summed E-state index contributed by atoms with van der Waals surface area (Å²) in [6.07, 6.45) is 0. The van der Waals surface area contributed by atoms with Gasteiger partial charge in [0.25, 0.3) is 0 Å². The van der Waals surface area contributed by atoms with E-state index in [9.17, 15) is 8.42 Å². The predicted molar refractivity (Wildman–Crippen MR) is 86.9 cm³/mol. The summed E-state index contributed by atoms with van der Waals surface area (Å²) >= 11 is 0. The fraction of sp³-hybridized carbons (Fsp3) is 0.467. The van der Waals surface area contributed by atoms with Crippen LogP contribution >= 0.6 is 0 Å². The number of rotatable bonds is 6. The molecule has 0 bridgehead atoms. The van der Waals surface area contributed by atoms with Crippen LogP contribution in [0.4, 0.5) is 0 Å². The van der Waals surface area contributed by atoms with Crippen molar-refractivity contribution in [2.45, 2.75) is 45.2 Å². The fourth-order valence-electron chi connectivity index (χ4n) is 2.51. The van der Waals surface area contributed by atoms with Crippen LogP contribution in [-0.4, -0.2) is 30.3 Å². The van der Waals surface area contributed by atoms with Gasteiger partial charge >= 0.3 is 6.01 Å². The van der Waals surface area contributed by atoms with Gasteiger partial charge in [-0.25, -0.2) is 13.1 Å². The molecular weight excluding hydrogens is 316 g/mol. The van der Waals surface area contributed by atoms with Gasteiger partial charge in [-0.1, -0.05) is 11.2 Å². The third-order valence-corrected chi connectivity index (χ3v) is 4.99. The zero-order chi connectivity index (χ0) is 17.2. The van der Waals surface area contributed by atoms with Gasteiger partial charge < -0.3 is 4.74 Å². The van der Waals surface area contributed by atoms with Gasteiger partial charge in [0.05, 0.1) is 18.0 Å². The second-order valence-corrected chi connectivity index (χ2v) is 7.17. The van der Waals surface area contributed by atoms with E-state index in [1.54, 1.807) is 23.6 Å². The number of aromatic nitrogens is 3. The molecular formula is C15H22N4O3S. The van der Waals surface area contributed by atoms with Crippen molar-refractivity contribution in [2.24, 2.45) is 0 Å². The molecule has 0 spiro atoms. The van der Waals surface area contributed by atoms with Gasteiger partial charge in [0, 0.05) is 6.54 Å². The van der Waals surface area contributed by atoms with Crippen LogP contribution in [0.3, 0.4) is 0 Å². The molecule has 0 unspecified atom stereocenters. The lowest BCUT2D eigenvalue weighted by Gasteiger charge is -2.15. The molecule has 0 saturated carbocycles. The van der Waals surface area contributed by atoms with Crippen LogP contribution in [0.25, 0.3) is 0 Å². The van der Waals surface area contributed by atoms with Crippen LogP contribution in [0.2, 0.25) is 0 Å². The lowest BCUT2D eigenvalue weighted by molar-refractivity contribution is 0.354. The Bertz CT molecular complexity index is 779. The number of benzene rings is 1. The van der Waals surface area contributed by atoms with Crippen molar-refractivity contribution in [3.05, 3.63) is 35.2 Å². The maximum Gasteiger partial charge on any atom is 0.316 e. The average molecular weight is 338 g/mol. The molecule has 2 aromatic rings. The summed E-state index contributed by atoms with van der Waals surface area (Å²) < 4.78 is 34.7. The van der Waals surface area contributed by atoms with Crippen molar-refractivity contribution in [2.75, 3.05) is 7.11 Å². The fourth-order valence-corrected chi connectivity index (χ4v) is 3.90. The Morgan fingerprint density at radius 1 is 1.22 bits per heavy atom. The molecule has 0 aliphatic rings. The molecule has 23 heavy (non-hydrogen) atoms. The number of nitrogens with zero attached hydrogens (tertiary/aromatic N) is 3. The lowest BCUT2D eigenvalue weighted by atomic mass is 10.2. The van der Waals surface area contributed by atoms with Crippen LogP contribution in [0.1, 0.15) is 36.8 Å². The summed E-state index contributed by atoms with van der Waals surface area (Å²) in [4.78, 5) is 0.247. The van der Waals surface area contributed by atoms with Crippen LogP contribution in [0, 0.1) is 13.8 Å². The Kier molecular flexibility index (Phi) is 5.06. The third kappa shape index (κ3) is 3.70. The highest BCUT2D eigenvalue weighted by Crippen LogP contribution is 2.20. The van der Waals surface area contributed by atoms with Gasteiger partial charge in [-0.3, -0.25) is 4.57 Å². The molecule has 1 aromatic heterocycles. The third-order valence-electron chi connectivity index (χ3n) is 3.47. The minimum atomic E-state index is -3.65. The van der Waals surface area contributed by atoms with Crippen LogP contribution < -0.4 is 9.46 Å². The van der Waals surface area contributed by atoms with Gasteiger partial charge in [0.15, 0.2) is 5.82 Å². The number of ether oxygens (including phenoxy) is 1. The SMILES string of the molecule is CCn1c(OC)nnc1[C@@H](C)NS(=O)(=O)c1cc(C)cc(C)c1. The monoisotopic (exact) mass is 338 g/mol. The molecule has 1 N–H and O–H groups in total. The van der Waals surface area contributed by atoms with Crippen LogP contribution in [0.5, 0.6) is 6.01 Å². The average Bonchev–Trinajstić information content (AvgIpc) is 2.88. The van der Waals surface area contributed by atoms with E-state index in [-0.39, 0.29) is 4.90 Å². The molecule has 1 heterocycles. The standard InChI is InChI=1S/C15H22N4O3S/c1-6-19-14(16-17-15(19)22-5)12(4)18-23(20,21)13-8-10(2)7-11(3)9-13/h7-9,12,18H,6H2,1-5H3/t12-/m1/s1. The van der Waals surface area contributed by atoms with E-state index in [0.29, 0.717) is 18.4 Å². The molecule has 126 valence electrons. The second kappa shape index (κ2) is 6.67. The largest absolute Gasteiger partial charge is 0.467 e. The first-order chi connectivity index (χ1) is 10.8. The predicted octanol–water partition coefficient (Wildman–Crippen LogP) is 1.96. The van der Waals surface area contributed by atoms with Gasteiger partial charge in [-0.15, -0.1) is 5.10 Å². The van der Waals surface area contributed by atoms with Gasteiger partial charge in [-0.05, 0) is 51.0 Å². The van der Waals surface area contributed by atoms with Crippen molar-refractivity contribution in [1.29, 1.82) is 0 Å². The zero-order valence-electron chi connectivity index (χ0n) is 14.0. The lowest BCUT2D eigenvalue weighted by Crippen LogP contribution is -2.29. The highest BCUT2D eigenvalue weighted by Gasteiger charge is 2.23. The van der Waals surface area contributed by atoms with E-state index in [0.717, 1.165) is 11.1 Å². The van der Waals surface area contributed by atoms with Crippen molar-refractivity contribution >= 4 is 10.0 Å². The Labute approximate surface area is 136 Å². The van der Waals surface area contributed by atoms with Crippen molar-refractivity contribution in [1.82, 2.24) is 19.5 Å². The smallest absolute Gasteiger partial charge is 0.316 e. The van der Waals surface area contributed by atoms with Crippen molar-refractivity contribution in [3.8, 4) is 6.01 Å². The van der Waals surface area contributed by atoms with E-state index < -0.39 is 16.1 Å². The number of hydrogen-bond donors (Lipinski definition) is 1. The summed E-state index contributed by atoms with van der Waals surface area (Å²) in [6, 6.07) is 5.05. The maximum atomic E-state index is 12.6. The summed E-state index contributed by atoms with van der Waals surface area (Å²) in [6.45, 7) is 7.97. The molecule has 2 rings (SSSR count). The first-order valence-corrected chi connectivity index (χ1v) is 8.84. The highest BCUT2D eigenvalue weighted by molar-refractivity contribution is 7.89. The van der Waals surface area contributed by atoms with Crippen molar-refractivity contribution < 1.29 is 13.2 Å². The molecule has 0 amide bonds. The molecule has 8 heteroatoms. The maximum absolute atomic E-state index is 12.6. The minimum absolute atomic E-state index is 0.247. The zero-order valence-corrected chi connectivity index (χ0v) is 14.8. The Hall–Kier alpha value is -1.93. The molecule has 0 radical (unpaired) electrons. The number of methoxy groups -OCH3 is 1. The van der Waals surface area contributed by atoms with Crippen LogP contribution in [-0.2, 0) is 16.6 Å². The molecule has 0 aliphatic heterocycles. The van der Waals surface area contributed by atoms with E-state index in [4.69, 9.17) is 4.74 Å². The van der Waals surface area contributed by atoms with E-state index in [2.05, 4.69) is 14.9 Å². The molecule has 0 saturated heterocycles. The Balaban J connectivity index is 2.31. The number of nitrogens with one attached hydrogen (secondary N) is 1. The summed E-state index contributed by atoms with van der Waals surface area (Å²) in [7, 11) is -2.14. The van der Waals surface area contributed by atoms with Gasteiger partial charge in [-0.2, -0.15) is 0 Å². The topological polar surface area (TPSA) is 86.1 Å².